The Morgan fingerprint density at radius 1 is 1.07 bits per heavy atom. The van der Waals surface area contributed by atoms with E-state index in [0.717, 1.165) is 30.5 Å². The van der Waals surface area contributed by atoms with Crippen molar-refractivity contribution in [3.05, 3.63) is 77.7 Å². The Morgan fingerprint density at radius 3 is 2.54 bits per heavy atom. The van der Waals surface area contributed by atoms with Crippen molar-refractivity contribution >= 4 is 11.6 Å². The van der Waals surface area contributed by atoms with E-state index in [1.165, 1.54) is 13.2 Å². The molecule has 0 aliphatic rings. The van der Waals surface area contributed by atoms with Crippen LogP contribution in [0.25, 0.3) is 11.3 Å². The Hall–Kier alpha value is -3.42. The summed E-state index contributed by atoms with van der Waals surface area (Å²) in [5, 5.41) is 2.57. The summed E-state index contributed by atoms with van der Waals surface area (Å²) < 4.78 is 59.0. The van der Waals surface area contributed by atoms with Gasteiger partial charge >= 0.3 is 6.18 Å². The van der Waals surface area contributed by atoms with Crippen molar-refractivity contribution in [2.45, 2.75) is 6.18 Å². The van der Waals surface area contributed by atoms with Crippen LogP contribution >= 0.6 is 0 Å². The Balaban J connectivity index is 1.90. The number of amides is 1. The molecule has 0 spiro atoms. The summed E-state index contributed by atoms with van der Waals surface area (Å²) in [5.41, 5.74) is -1.55. The molecule has 4 nitrogen and oxygen atoms in total. The van der Waals surface area contributed by atoms with Gasteiger partial charge in [-0.15, -0.1) is 0 Å². The minimum Gasteiger partial charge on any atom is -0.497 e. The summed E-state index contributed by atoms with van der Waals surface area (Å²) >= 11 is 0. The van der Waals surface area contributed by atoms with Gasteiger partial charge in [-0.1, -0.05) is 6.07 Å². The number of anilines is 1. The Labute approximate surface area is 157 Å². The highest BCUT2D eigenvalue weighted by molar-refractivity contribution is 6.04. The number of carbonyl (C=O) groups is 1. The molecule has 0 atom stereocenters. The zero-order chi connectivity index (χ0) is 20.3. The first-order chi connectivity index (χ1) is 13.3. The molecule has 1 N–H and O–H groups in total. The second-order valence-electron chi connectivity index (χ2n) is 5.78. The fourth-order valence-electron chi connectivity index (χ4n) is 2.60. The summed E-state index contributed by atoms with van der Waals surface area (Å²) in [6.45, 7) is 0. The van der Waals surface area contributed by atoms with Gasteiger partial charge < -0.3 is 10.1 Å². The Bertz CT molecular complexity index is 1020. The molecule has 2 aromatic carbocycles. The molecule has 0 saturated carbocycles. The van der Waals surface area contributed by atoms with Crippen molar-refractivity contribution in [2.24, 2.45) is 0 Å². The van der Waals surface area contributed by atoms with Gasteiger partial charge in [-0.05, 0) is 42.5 Å². The zero-order valence-electron chi connectivity index (χ0n) is 14.5. The second-order valence-corrected chi connectivity index (χ2v) is 5.78. The molecule has 0 fully saturated rings. The van der Waals surface area contributed by atoms with E-state index in [1.54, 1.807) is 24.3 Å². The van der Waals surface area contributed by atoms with Gasteiger partial charge in [0.1, 0.15) is 11.6 Å². The fourth-order valence-corrected chi connectivity index (χ4v) is 2.60. The lowest BCUT2D eigenvalue weighted by molar-refractivity contribution is -0.137. The number of halogens is 4. The average Bonchev–Trinajstić information content (AvgIpc) is 2.67. The molecular weight excluding hydrogens is 376 g/mol. The highest BCUT2D eigenvalue weighted by Gasteiger charge is 2.34. The predicted octanol–water partition coefficient (Wildman–Crippen LogP) is 5.17. The largest absolute Gasteiger partial charge is 0.497 e. The van der Waals surface area contributed by atoms with Crippen molar-refractivity contribution in [1.29, 1.82) is 0 Å². The topological polar surface area (TPSA) is 51.2 Å². The normalized spacial score (nSPS) is 11.2. The molecular formula is C20H14F4N2O2. The number of aromatic nitrogens is 1. The first-order valence-electron chi connectivity index (χ1n) is 8.07. The van der Waals surface area contributed by atoms with Gasteiger partial charge in [-0.25, -0.2) is 4.39 Å². The molecule has 3 rings (SSSR count). The number of benzene rings is 2. The van der Waals surface area contributed by atoms with E-state index in [0.29, 0.717) is 11.4 Å². The van der Waals surface area contributed by atoms with Gasteiger partial charge in [-0.2, -0.15) is 13.2 Å². The third kappa shape index (κ3) is 4.11. The molecule has 1 aromatic heterocycles. The monoisotopic (exact) mass is 390 g/mol. The number of hydrogen-bond acceptors (Lipinski definition) is 3. The number of nitrogens with zero attached hydrogens (tertiary/aromatic N) is 1. The second kappa shape index (κ2) is 7.67. The Kier molecular flexibility index (Phi) is 5.30. The van der Waals surface area contributed by atoms with E-state index >= 15 is 0 Å². The highest BCUT2D eigenvalue weighted by atomic mass is 19.4. The molecule has 0 saturated heterocycles. The summed E-state index contributed by atoms with van der Waals surface area (Å²) in [5.74, 6) is -1.08. The number of rotatable bonds is 4. The molecule has 0 bridgehead atoms. The maximum Gasteiger partial charge on any atom is 0.418 e. The molecule has 1 amide bonds. The van der Waals surface area contributed by atoms with Crippen molar-refractivity contribution in [3.63, 3.8) is 0 Å². The van der Waals surface area contributed by atoms with Crippen LogP contribution in [0.2, 0.25) is 0 Å². The minimum atomic E-state index is -4.68. The first-order valence-corrected chi connectivity index (χ1v) is 8.07. The third-order valence-electron chi connectivity index (χ3n) is 3.93. The maximum atomic E-state index is 14.5. The first kappa shape index (κ1) is 19.3. The SMILES string of the molecule is COc1cccc(NC(=O)c2ccc(-c3ncccc3C(F)(F)F)c(F)c2)c1. The van der Waals surface area contributed by atoms with Gasteiger partial charge in [0, 0.05) is 29.1 Å². The summed E-state index contributed by atoms with van der Waals surface area (Å²) in [7, 11) is 1.47. The van der Waals surface area contributed by atoms with Crippen LogP contribution in [-0.4, -0.2) is 18.0 Å². The number of nitrogens with one attached hydrogen (secondary N) is 1. The van der Waals surface area contributed by atoms with Gasteiger partial charge in [0.15, 0.2) is 0 Å². The van der Waals surface area contributed by atoms with Gasteiger partial charge in [0.05, 0.1) is 18.4 Å². The molecule has 0 unspecified atom stereocenters. The molecule has 0 aliphatic heterocycles. The van der Waals surface area contributed by atoms with Crippen molar-refractivity contribution in [1.82, 2.24) is 4.98 Å². The lowest BCUT2D eigenvalue weighted by Gasteiger charge is -2.13. The fraction of sp³-hybridized carbons (Fsp3) is 0.100. The molecule has 28 heavy (non-hydrogen) atoms. The van der Waals surface area contributed by atoms with Crippen molar-refractivity contribution in [2.75, 3.05) is 12.4 Å². The molecule has 8 heteroatoms. The van der Waals surface area contributed by atoms with Crippen LogP contribution in [0, 0.1) is 5.82 Å². The van der Waals surface area contributed by atoms with Crippen LogP contribution < -0.4 is 10.1 Å². The van der Waals surface area contributed by atoms with E-state index in [1.807, 2.05) is 0 Å². The summed E-state index contributed by atoms with van der Waals surface area (Å²) in [6.07, 6.45) is -3.54. The maximum absolute atomic E-state index is 14.5. The number of alkyl halides is 3. The smallest absolute Gasteiger partial charge is 0.418 e. The molecule has 144 valence electrons. The van der Waals surface area contributed by atoms with E-state index in [2.05, 4.69) is 10.3 Å². The quantitative estimate of drug-likeness (QED) is 0.626. The third-order valence-corrected chi connectivity index (χ3v) is 3.93. The highest BCUT2D eigenvalue weighted by Crippen LogP contribution is 2.36. The van der Waals surface area contributed by atoms with E-state index in [-0.39, 0.29) is 11.1 Å². The molecule has 1 heterocycles. The van der Waals surface area contributed by atoms with Gasteiger partial charge in [-0.3, -0.25) is 9.78 Å². The average molecular weight is 390 g/mol. The number of carbonyl (C=O) groups excluding carboxylic acids is 1. The molecule has 0 radical (unpaired) electrons. The van der Waals surface area contributed by atoms with Gasteiger partial charge in [0.25, 0.3) is 5.91 Å². The summed E-state index contributed by atoms with van der Waals surface area (Å²) in [6, 6.07) is 11.7. The Morgan fingerprint density at radius 2 is 1.86 bits per heavy atom. The van der Waals surface area contributed by atoms with Crippen LogP contribution in [-0.2, 0) is 6.18 Å². The zero-order valence-corrected chi connectivity index (χ0v) is 14.5. The standard InChI is InChI=1S/C20H14F4N2O2/c1-28-14-5-2-4-13(11-14)26-19(27)12-7-8-15(17(21)10-12)18-16(20(22,23)24)6-3-9-25-18/h2-11H,1H3,(H,26,27). The van der Waals surface area contributed by atoms with Crippen LogP contribution in [0.4, 0.5) is 23.2 Å². The number of methoxy groups -OCH3 is 1. The van der Waals surface area contributed by atoms with E-state index in [9.17, 15) is 22.4 Å². The number of pyridine rings is 1. The van der Waals surface area contributed by atoms with Crippen molar-refractivity contribution in [3.8, 4) is 17.0 Å². The van der Waals surface area contributed by atoms with Crippen LogP contribution in [0.3, 0.4) is 0 Å². The van der Waals surface area contributed by atoms with Crippen molar-refractivity contribution < 1.29 is 27.1 Å². The summed E-state index contributed by atoms with van der Waals surface area (Å²) in [4.78, 5) is 16.0. The van der Waals surface area contributed by atoms with Crippen LogP contribution in [0.5, 0.6) is 5.75 Å². The van der Waals surface area contributed by atoms with Gasteiger partial charge in [0.2, 0.25) is 0 Å². The lowest BCUT2D eigenvalue weighted by atomic mass is 10.0. The number of ether oxygens (including phenoxy) is 1. The minimum absolute atomic E-state index is 0.0476. The predicted molar refractivity (Wildman–Crippen MR) is 95.6 cm³/mol. The molecule has 0 aliphatic carbocycles. The van der Waals surface area contributed by atoms with Crippen LogP contribution in [0.15, 0.2) is 60.8 Å². The van der Waals surface area contributed by atoms with E-state index in [4.69, 9.17) is 4.74 Å². The van der Waals surface area contributed by atoms with E-state index < -0.39 is 29.2 Å². The molecule has 3 aromatic rings. The van der Waals surface area contributed by atoms with Crippen LogP contribution in [0.1, 0.15) is 15.9 Å². The number of hydrogen-bond donors (Lipinski definition) is 1. The lowest BCUT2D eigenvalue weighted by Crippen LogP contribution is -2.13.